The SMILES string of the molecule is COCCNC(=O)CN1CCN(C(=O)[C@H]2CCN[C@@H](C)C2)CC1. The highest BCUT2D eigenvalue weighted by molar-refractivity contribution is 5.79. The molecule has 0 spiro atoms. The van der Waals surface area contributed by atoms with Gasteiger partial charge in [0.2, 0.25) is 11.8 Å². The fourth-order valence-corrected chi connectivity index (χ4v) is 3.29. The van der Waals surface area contributed by atoms with Gasteiger partial charge in [-0.05, 0) is 26.3 Å². The van der Waals surface area contributed by atoms with Crippen LogP contribution in [0.15, 0.2) is 0 Å². The highest BCUT2D eigenvalue weighted by Crippen LogP contribution is 2.19. The Bertz CT molecular complexity index is 397. The predicted octanol–water partition coefficient (Wildman–Crippen LogP) is -0.719. The lowest BCUT2D eigenvalue weighted by atomic mass is 9.92. The topological polar surface area (TPSA) is 73.9 Å². The molecule has 2 N–H and O–H groups in total. The van der Waals surface area contributed by atoms with E-state index in [4.69, 9.17) is 4.74 Å². The van der Waals surface area contributed by atoms with Crippen LogP contribution in [0, 0.1) is 5.92 Å². The summed E-state index contributed by atoms with van der Waals surface area (Å²) in [5.74, 6) is 0.478. The molecule has 2 aliphatic rings. The van der Waals surface area contributed by atoms with Crippen molar-refractivity contribution < 1.29 is 14.3 Å². The second-order valence-electron chi connectivity index (χ2n) is 6.52. The summed E-state index contributed by atoms with van der Waals surface area (Å²) in [7, 11) is 1.62. The van der Waals surface area contributed by atoms with Gasteiger partial charge in [-0.15, -0.1) is 0 Å². The predicted molar refractivity (Wildman–Crippen MR) is 88.1 cm³/mol. The Hall–Kier alpha value is -1.18. The number of piperidine rings is 1. The molecule has 0 aromatic rings. The molecule has 2 heterocycles. The first-order valence-corrected chi connectivity index (χ1v) is 8.60. The van der Waals surface area contributed by atoms with Crippen LogP contribution in [0.4, 0.5) is 0 Å². The van der Waals surface area contributed by atoms with Crippen molar-refractivity contribution in [1.82, 2.24) is 20.4 Å². The van der Waals surface area contributed by atoms with Gasteiger partial charge in [0.05, 0.1) is 13.2 Å². The van der Waals surface area contributed by atoms with Gasteiger partial charge in [0.1, 0.15) is 0 Å². The van der Waals surface area contributed by atoms with Crippen molar-refractivity contribution in [3.8, 4) is 0 Å². The van der Waals surface area contributed by atoms with Crippen LogP contribution in [0.25, 0.3) is 0 Å². The molecule has 0 aromatic carbocycles. The summed E-state index contributed by atoms with van der Waals surface area (Å²) < 4.78 is 4.91. The molecular weight excluding hydrogens is 296 g/mol. The zero-order valence-corrected chi connectivity index (χ0v) is 14.3. The Kier molecular flexibility index (Phi) is 7.26. The zero-order valence-electron chi connectivity index (χ0n) is 14.3. The van der Waals surface area contributed by atoms with E-state index >= 15 is 0 Å². The van der Waals surface area contributed by atoms with Gasteiger partial charge in [0, 0.05) is 51.8 Å². The third kappa shape index (κ3) is 5.75. The Morgan fingerprint density at radius 3 is 2.65 bits per heavy atom. The summed E-state index contributed by atoms with van der Waals surface area (Å²) in [6.45, 7) is 7.53. The Morgan fingerprint density at radius 2 is 2.00 bits per heavy atom. The quantitative estimate of drug-likeness (QED) is 0.630. The molecule has 7 heteroatoms. The lowest BCUT2D eigenvalue weighted by Gasteiger charge is -2.37. The lowest BCUT2D eigenvalue weighted by molar-refractivity contribution is -0.138. The van der Waals surface area contributed by atoms with Gasteiger partial charge in [-0.25, -0.2) is 0 Å². The Labute approximate surface area is 138 Å². The van der Waals surface area contributed by atoms with Crippen LogP contribution >= 0.6 is 0 Å². The third-order valence-corrected chi connectivity index (χ3v) is 4.65. The molecule has 0 unspecified atom stereocenters. The van der Waals surface area contributed by atoms with Gasteiger partial charge >= 0.3 is 0 Å². The normalized spacial score (nSPS) is 26.1. The minimum atomic E-state index is 0.0222. The van der Waals surface area contributed by atoms with Crippen molar-refractivity contribution in [3.63, 3.8) is 0 Å². The van der Waals surface area contributed by atoms with Crippen LogP contribution in [0.5, 0.6) is 0 Å². The molecule has 2 atom stereocenters. The van der Waals surface area contributed by atoms with Crippen molar-refractivity contribution >= 4 is 11.8 Å². The highest BCUT2D eigenvalue weighted by atomic mass is 16.5. The van der Waals surface area contributed by atoms with Gasteiger partial charge in [0.25, 0.3) is 0 Å². The second-order valence-corrected chi connectivity index (χ2v) is 6.52. The molecule has 0 saturated carbocycles. The summed E-state index contributed by atoms with van der Waals surface area (Å²) >= 11 is 0. The maximum atomic E-state index is 12.6. The zero-order chi connectivity index (χ0) is 16.7. The van der Waals surface area contributed by atoms with Crippen LogP contribution < -0.4 is 10.6 Å². The van der Waals surface area contributed by atoms with E-state index in [9.17, 15) is 9.59 Å². The number of nitrogens with one attached hydrogen (secondary N) is 2. The van der Waals surface area contributed by atoms with Gasteiger partial charge in [0.15, 0.2) is 0 Å². The van der Waals surface area contributed by atoms with E-state index in [0.29, 0.717) is 31.6 Å². The first-order chi connectivity index (χ1) is 11.1. The monoisotopic (exact) mass is 326 g/mol. The maximum Gasteiger partial charge on any atom is 0.234 e. The summed E-state index contributed by atoms with van der Waals surface area (Å²) in [5, 5.41) is 6.22. The van der Waals surface area contributed by atoms with Gasteiger partial charge < -0.3 is 20.3 Å². The largest absolute Gasteiger partial charge is 0.383 e. The molecule has 0 radical (unpaired) electrons. The first-order valence-electron chi connectivity index (χ1n) is 8.60. The Balaban J connectivity index is 1.69. The molecule has 2 saturated heterocycles. The van der Waals surface area contributed by atoms with Crippen molar-refractivity contribution in [2.45, 2.75) is 25.8 Å². The van der Waals surface area contributed by atoms with E-state index in [0.717, 1.165) is 45.6 Å². The number of hydrogen-bond acceptors (Lipinski definition) is 5. The first kappa shape index (κ1) is 18.2. The molecular formula is C16H30N4O3. The standard InChI is InChI=1S/C16H30N4O3/c1-13-11-14(3-4-17-13)16(22)20-8-6-19(7-9-20)12-15(21)18-5-10-23-2/h13-14,17H,3-12H2,1-2H3,(H,18,21)/t13-,14-/m0/s1. The number of hydrogen-bond donors (Lipinski definition) is 2. The molecule has 2 rings (SSSR count). The second kappa shape index (κ2) is 9.20. The fourth-order valence-electron chi connectivity index (χ4n) is 3.29. The minimum Gasteiger partial charge on any atom is -0.383 e. The van der Waals surface area contributed by atoms with Gasteiger partial charge in [-0.2, -0.15) is 0 Å². The highest BCUT2D eigenvalue weighted by Gasteiger charge is 2.30. The molecule has 132 valence electrons. The Morgan fingerprint density at radius 1 is 1.26 bits per heavy atom. The number of ether oxygens (including phenoxy) is 1. The summed E-state index contributed by atoms with van der Waals surface area (Å²) in [5.41, 5.74) is 0. The third-order valence-electron chi connectivity index (χ3n) is 4.65. The number of carbonyl (C=O) groups excluding carboxylic acids is 2. The van der Waals surface area contributed by atoms with Crippen molar-refractivity contribution in [3.05, 3.63) is 0 Å². The molecule has 7 nitrogen and oxygen atoms in total. The van der Waals surface area contributed by atoms with E-state index in [-0.39, 0.29) is 11.8 Å². The van der Waals surface area contributed by atoms with Crippen molar-refractivity contribution in [1.29, 1.82) is 0 Å². The van der Waals surface area contributed by atoms with Crippen molar-refractivity contribution in [2.24, 2.45) is 5.92 Å². The summed E-state index contributed by atoms with van der Waals surface area (Å²) in [6.07, 6.45) is 1.87. The number of piperazine rings is 1. The minimum absolute atomic E-state index is 0.0222. The van der Waals surface area contributed by atoms with Gasteiger partial charge in [-0.3, -0.25) is 14.5 Å². The summed E-state index contributed by atoms with van der Waals surface area (Å²) in [6, 6.07) is 0.426. The number of rotatable bonds is 6. The number of carbonyl (C=O) groups is 2. The number of nitrogens with zero attached hydrogens (tertiary/aromatic N) is 2. The number of methoxy groups -OCH3 is 1. The fraction of sp³-hybridized carbons (Fsp3) is 0.875. The lowest BCUT2D eigenvalue weighted by Crippen LogP contribution is -2.53. The van der Waals surface area contributed by atoms with E-state index in [1.807, 2.05) is 4.90 Å². The van der Waals surface area contributed by atoms with E-state index in [1.54, 1.807) is 7.11 Å². The van der Waals surface area contributed by atoms with Crippen LogP contribution in [-0.4, -0.2) is 87.2 Å². The van der Waals surface area contributed by atoms with Crippen LogP contribution in [-0.2, 0) is 14.3 Å². The van der Waals surface area contributed by atoms with E-state index in [2.05, 4.69) is 22.5 Å². The molecule has 0 aliphatic carbocycles. The average molecular weight is 326 g/mol. The molecule has 0 bridgehead atoms. The molecule has 2 fully saturated rings. The van der Waals surface area contributed by atoms with Crippen LogP contribution in [0.1, 0.15) is 19.8 Å². The maximum absolute atomic E-state index is 12.6. The molecule has 2 aliphatic heterocycles. The number of amides is 2. The van der Waals surface area contributed by atoms with E-state index < -0.39 is 0 Å². The molecule has 2 amide bonds. The molecule has 23 heavy (non-hydrogen) atoms. The smallest absolute Gasteiger partial charge is 0.234 e. The van der Waals surface area contributed by atoms with Crippen LogP contribution in [0.3, 0.4) is 0 Å². The molecule has 0 aromatic heterocycles. The van der Waals surface area contributed by atoms with Gasteiger partial charge in [-0.1, -0.05) is 0 Å². The van der Waals surface area contributed by atoms with E-state index in [1.165, 1.54) is 0 Å². The van der Waals surface area contributed by atoms with Crippen LogP contribution in [0.2, 0.25) is 0 Å². The average Bonchev–Trinajstić information content (AvgIpc) is 2.55. The summed E-state index contributed by atoms with van der Waals surface area (Å²) in [4.78, 5) is 28.5. The van der Waals surface area contributed by atoms with Crippen molar-refractivity contribution in [2.75, 3.05) is 59.5 Å².